The molecule has 1 amide bonds. The van der Waals surface area contributed by atoms with Crippen molar-refractivity contribution >= 4 is 17.4 Å². The summed E-state index contributed by atoms with van der Waals surface area (Å²) < 4.78 is 0. The number of carbonyl (C=O) groups excluding carboxylic acids is 2. The standard InChI is InChI=1S/C16H21NO3/c1-11(2)8-9-17-14-7-5-4-6-13(14)16(20,15(17)19)10-12(3)18/h4-7,11,20H,8-10H2,1-3H3. The van der Waals surface area contributed by atoms with E-state index in [1.807, 2.05) is 12.1 Å². The molecule has 2 rings (SSSR count). The molecule has 1 unspecified atom stereocenters. The van der Waals surface area contributed by atoms with E-state index in [0.717, 1.165) is 12.1 Å². The number of aliphatic hydroxyl groups is 1. The van der Waals surface area contributed by atoms with E-state index < -0.39 is 5.60 Å². The van der Waals surface area contributed by atoms with Crippen molar-refractivity contribution in [2.24, 2.45) is 5.92 Å². The first kappa shape index (κ1) is 14.7. The molecule has 108 valence electrons. The topological polar surface area (TPSA) is 57.6 Å². The summed E-state index contributed by atoms with van der Waals surface area (Å²) >= 11 is 0. The number of benzene rings is 1. The van der Waals surface area contributed by atoms with Gasteiger partial charge in [-0.05, 0) is 25.3 Å². The molecule has 0 radical (unpaired) electrons. The summed E-state index contributed by atoms with van der Waals surface area (Å²) in [6, 6.07) is 7.17. The van der Waals surface area contributed by atoms with Crippen LogP contribution in [0.1, 0.15) is 39.2 Å². The Morgan fingerprint density at radius 3 is 2.60 bits per heavy atom. The molecular formula is C16H21NO3. The van der Waals surface area contributed by atoms with Crippen LogP contribution < -0.4 is 4.90 Å². The Bertz CT molecular complexity index is 538. The first-order chi connectivity index (χ1) is 9.36. The van der Waals surface area contributed by atoms with Gasteiger partial charge in [-0.15, -0.1) is 0 Å². The van der Waals surface area contributed by atoms with Crippen LogP contribution in [0.3, 0.4) is 0 Å². The first-order valence-corrected chi connectivity index (χ1v) is 6.99. The number of carbonyl (C=O) groups is 2. The van der Waals surface area contributed by atoms with Crippen LogP contribution in [0.15, 0.2) is 24.3 Å². The van der Waals surface area contributed by atoms with Gasteiger partial charge in [0.2, 0.25) is 0 Å². The second kappa shape index (κ2) is 5.37. The lowest BCUT2D eigenvalue weighted by molar-refractivity contribution is -0.141. The maximum absolute atomic E-state index is 12.6. The summed E-state index contributed by atoms with van der Waals surface area (Å²) in [5, 5.41) is 10.7. The van der Waals surface area contributed by atoms with Crippen LogP contribution in [0, 0.1) is 5.92 Å². The minimum atomic E-state index is -1.70. The Balaban J connectivity index is 2.39. The molecule has 1 N–H and O–H groups in total. The van der Waals surface area contributed by atoms with Crippen LogP contribution in [0.4, 0.5) is 5.69 Å². The van der Waals surface area contributed by atoms with Crippen molar-refractivity contribution in [3.8, 4) is 0 Å². The van der Waals surface area contributed by atoms with E-state index >= 15 is 0 Å². The maximum Gasteiger partial charge on any atom is 0.264 e. The van der Waals surface area contributed by atoms with Gasteiger partial charge in [0.25, 0.3) is 5.91 Å². The van der Waals surface area contributed by atoms with Crippen LogP contribution in [0.25, 0.3) is 0 Å². The van der Waals surface area contributed by atoms with Gasteiger partial charge in [-0.3, -0.25) is 9.59 Å². The molecule has 20 heavy (non-hydrogen) atoms. The molecule has 0 saturated heterocycles. The first-order valence-electron chi connectivity index (χ1n) is 6.99. The van der Waals surface area contributed by atoms with Gasteiger partial charge in [-0.1, -0.05) is 32.0 Å². The number of nitrogens with zero attached hydrogens (tertiary/aromatic N) is 1. The van der Waals surface area contributed by atoms with E-state index in [0.29, 0.717) is 18.0 Å². The summed E-state index contributed by atoms with van der Waals surface area (Å²) in [6.07, 6.45) is 0.692. The van der Waals surface area contributed by atoms with Crippen LogP contribution >= 0.6 is 0 Å². The number of anilines is 1. The zero-order valence-corrected chi connectivity index (χ0v) is 12.2. The second-order valence-electron chi connectivity index (χ2n) is 5.90. The molecule has 0 bridgehead atoms. The van der Waals surface area contributed by atoms with Gasteiger partial charge in [0, 0.05) is 18.5 Å². The summed E-state index contributed by atoms with van der Waals surface area (Å²) in [6.45, 7) is 6.14. The number of Topliss-reactive ketones (excluding diaryl/α,β-unsaturated/α-hetero) is 1. The van der Waals surface area contributed by atoms with E-state index in [1.54, 1.807) is 17.0 Å². The number of ketones is 1. The van der Waals surface area contributed by atoms with E-state index in [-0.39, 0.29) is 18.1 Å². The molecule has 0 spiro atoms. The van der Waals surface area contributed by atoms with Crippen molar-refractivity contribution in [1.82, 2.24) is 0 Å². The average molecular weight is 275 g/mol. The van der Waals surface area contributed by atoms with E-state index in [1.165, 1.54) is 6.92 Å². The average Bonchev–Trinajstić information content (AvgIpc) is 2.57. The molecule has 1 atom stereocenters. The van der Waals surface area contributed by atoms with Gasteiger partial charge in [-0.2, -0.15) is 0 Å². The highest BCUT2D eigenvalue weighted by Gasteiger charge is 2.49. The molecule has 4 nitrogen and oxygen atoms in total. The molecule has 1 aliphatic rings. The van der Waals surface area contributed by atoms with Gasteiger partial charge < -0.3 is 10.0 Å². The quantitative estimate of drug-likeness (QED) is 0.896. The number of para-hydroxylation sites is 1. The largest absolute Gasteiger partial charge is 0.375 e. The van der Waals surface area contributed by atoms with E-state index in [4.69, 9.17) is 0 Å². The van der Waals surface area contributed by atoms with Gasteiger partial charge >= 0.3 is 0 Å². The third kappa shape index (κ3) is 2.48. The highest BCUT2D eigenvalue weighted by molar-refractivity contribution is 6.08. The second-order valence-corrected chi connectivity index (χ2v) is 5.90. The van der Waals surface area contributed by atoms with Crippen LogP contribution in [0.5, 0.6) is 0 Å². The molecule has 1 heterocycles. The Labute approximate surface area is 119 Å². The molecule has 0 aliphatic carbocycles. The van der Waals surface area contributed by atoms with Crippen molar-refractivity contribution in [2.45, 2.75) is 39.2 Å². The highest BCUT2D eigenvalue weighted by atomic mass is 16.3. The lowest BCUT2D eigenvalue weighted by Gasteiger charge is -2.22. The zero-order valence-electron chi connectivity index (χ0n) is 12.2. The number of rotatable bonds is 5. The van der Waals surface area contributed by atoms with Gasteiger partial charge in [-0.25, -0.2) is 0 Å². The van der Waals surface area contributed by atoms with Gasteiger partial charge in [0.15, 0.2) is 5.60 Å². The fourth-order valence-electron chi connectivity index (χ4n) is 2.65. The normalized spacial score (nSPS) is 21.4. The molecule has 1 aromatic rings. The summed E-state index contributed by atoms with van der Waals surface area (Å²) in [4.78, 5) is 25.6. The molecule has 4 heteroatoms. The van der Waals surface area contributed by atoms with Gasteiger partial charge in [0.05, 0.1) is 5.69 Å². The number of fused-ring (bicyclic) bond motifs is 1. The SMILES string of the molecule is CC(=O)CC1(O)C(=O)N(CCC(C)C)c2ccccc21. The van der Waals surface area contributed by atoms with Crippen LogP contribution in [-0.4, -0.2) is 23.3 Å². The van der Waals surface area contributed by atoms with Crippen molar-refractivity contribution < 1.29 is 14.7 Å². The summed E-state index contributed by atoms with van der Waals surface area (Å²) in [5.41, 5.74) is -0.426. The maximum atomic E-state index is 12.6. The predicted octanol–water partition coefficient (Wildman–Crippen LogP) is 2.25. The fraction of sp³-hybridized carbons (Fsp3) is 0.500. The predicted molar refractivity (Wildman–Crippen MR) is 77.4 cm³/mol. The van der Waals surface area contributed by atoms with E-state index in [9.17, 15) is 14.7 Å². The molecular weight excluding hydrogens is 254 g/mol. The van der Waals surface area contributed by atoms with Gasteiger partial charge in [0.1, 0.15) is 5.78 Å². The lowest BCUT2D eigenvalue weighted by Crippen LogP contribution is -2.42. The van der Waals surface area contributed by atoms with Crippen LogP contribution in [-0.2, 0) is 15.2 Å². The van der Waals surface area contributed by atoms with Crippen molar-refractivity contribution in [1.29, 1.82) is 0 Å². The Morgan fingerprint density at radius 1 is 1.35 bits per heavy atom. The highest BCUT2D eigenvalue weighted by Crippen LogP contribution is 2.42. The lowest BCUT2D eigenvalue weighted by atomic mass is 9.90. The number of hydrogen-bond donors (Lipinski definition) is 1. The summed E-state index contributed by atoms with van der Waals surface area (Å²) in [5.74, 6) is -0.104. The Hall–Kier alpha value is -1.68. The molecule has 0 aromatic heterocycles. The smallest absolute Gasteiger partial charge is 0.264 e. The minimum Gasteiger partial charge on any atom is -0.375 e. The number of hydrogen-bond acceptors (Lipinski definition) is 3. The Morgan fingerprint density at radius 2 is 2.00 bits per heavy atom. The minimum absolute atomic E-state index is 0.166. The van der Waals surface area contributed by atoms with Crippen molar-refractivity contribution in [2.75, 3.05) is 11.4 Å². The third-order valence-corrected chi connectivity index (χ3v) is 3.67. The zero-order chi connectivity index (χ0) is 14.9. The molecule has 1 aromatic carbocycles. The van der Waals surface area contributed by atoms with Crippen molar-refractivity contribution in [3.05, 3.63) is 29.8 Å². The summed E-state index contributed by atoms with van der Waals surface area (Å²) in [7, 11) is 0. The number of amides is 1. The molecule has 0 saturated carbocycles. The third-order valence-electron chi connectivity index (χ3n) is 3.67. The molecule has 1 aliphatic heterocycles. The fourth-order valence-corrected chi connectivity index (χ4v) is 2.65. The van der Waals surface area contributed by atoms with E-state index in [2.05, 4.69) is 13.8 Å². The Kier molecular flexibility index (Phi) is 3.95. The van der Waals surface area contributed by atoms with Crippen LogP contribution in [0.2, 0.25) is 0 Å². The van der Waals surface area contributed by atoms with Crippen molar-refractivity contribution in [3.63, 3.8) is 0 Å². The monoisotopic (exact) mass is 275 g/mol. The molecule has 0 fully saturated rings.